The van der Waals surface area contributed by atoms with Gasteiger partial charge in [0.2, 0.25) is 5.91 Å². The van der Waals surface area contributed by atoms with E-state index in [-0.39, 0.29) is 11.8 Å². The summed E-state index contributed by atoms with van der Waals surface area (Å²) in [6, 6.07) is 0.441. The molecule has 2 aliphatic rings. The number of nitrogens with one attached hydrogen (secondary N) is 2. The first-order chi connectivity index (χ1) is 7.66. The first-order valence-corrected chi connectivity index (χ1v) is 6.68. The van der Waals surface area contributed by atoms with Gasteiger partial charge in [-0.2, -0.15) is 0 Å². The van der Waals surface area contributed by atoms with Crippen LogP contribution in [0.3, 0.4) is 0 Å². The van der Waals surface area contributed by atoms with E-state index in [4.69, 9.17) is 0 Å². The third-order valence-corrected chi connectivity index (χ3v) is 4.22. The van der Waals surface area contributed by atoms with Crippen LogP contribution in [0.4, 0.5) is 0 Å². The fraction of sp³-hybridized carbons (Fsp3) is 0.923. The summed E-state index contributed by atoms with van der Waals surface area (Å²) in [6.45, 7) is 6.31. The van der Waals surface area contributed by atoms with E-state index in [1.807, 2.05) is 0 Å². The smallest absolute Gasteiger partial charge is 0.224 e. The second-order valence-corrected chi connectivity index (χ2v) is 5.71. The molecule has 1 aliphatic carbocycles. The minimum atomic E-state index is 0.194. The van der Waals surface area contributed by atoms with Crippen molar-refractivity contribution < 1.29 is 4.79 Å². The van der Waals surface area contributed by atoms with Crippen LogP contribution in [0.2, 0.25) is 0 Å². The number of hydrogen-bond acceptors (Lipinski definition) is 2. The lowest BCUT2D eigenvalue weighted by atomic mass is 9.87. The van der Waals surface area contributed by atoms with Gasteiger partial charge in [-0.1, -0.05) is 13.8 Å². The maximum absolute atomic E-state index is 12.1. The van der Waals surface area contributed by atoms with Gasteiger partial charge in [-0.25, -0.2) is 0 Å². The van der Waals surface area contributed by atoms with Crippen molar-refractivity contribution in [3.8, 4) is 0 Å². The summed E-state index contributed by atoms with van der Waals surface area (Å²) in [5.74, 6) is 1.80. The summed E-state index contributed by atoms with van der Waals surface area (Å²) in [7, 11) is 0. The van der Waals surface area contributed by atoms with Crippen molar-refractivity contribution in [1.82, 2.24) is 10.6 Å². The molecule has 0 bridgehead atoms. The summed E-state index contributed by atoms with van der Waals surface area (Å²) < 4.78 is 0. The highest BCUT2D eigenvalue weighted by molar-refractivity contribution is 5.79. The molecule has 0 aromatic rings. The molecule has 1 saturated carbocycles. The van der Waals surface area contributed by atoms with Crippen molar-refractivity contribution in [3.63, 3.8) is 0 Å². The second-order valence-electron chi connectivity index (χ2n) is 5.71. The highest BCUT2D eigenvalue weighted by Crippen LogP contribution is 2.24. The van der Waals surface area contributed by atoms with Crippen molar-refractivity contribution in [2.45, 2.75) is 45.6 Å². The molecule has 1 amide bonds. The first-order valence-electron chi connectivity index (χ1n) is 6.68. The molecular formula is C13H24N2O. The number of hydrogen-bond donors (Lipinski definition) is 2. The van der Waals surface area contributed by atoms with Crippen LogP contribution in [0.1, 0.15) is 39.5 Å². The normalized spacial score (nSPS) is 39.6. The summed E-state index contributed by atoms with van der Waals surface area (Å²) in [4.78, 5) is 12.1. The van der Waals surface area contributed by atoms with Crippen LogP contribution >= 0.6 is 0 Å². The minimum absolute atomic E-state index is 0.194. The molecule has 0 radical (unpaired) electrons. The fourth-order valence-electron chi connectivity index (χ4n) is 2.87. The zero-order chi connectivity index (χ0) is 11.5. The SMILES string of the molecule is CC1CCC(NC(=O)C2CNCC2C)CC1. The zero-order valence-electron chi connectivity index (χ0n) is 10.5. The number of rotatable bonds is 2. The predicted octanol–water partition coefficient (Wildman–Crippen LogP) is 1.54. The van der Waals surface area contributed by atoms with E-state index in [0.29, 0.717) is 12.0 Å². The van der Waals surface area contributed by atoms with Gasteiger partial charge in [-0.05, 0) is 44.1 Å². The summed E-state index contributed by atoms with van der Waals surface area (Å²) in [5, 5.41) is 6.52. The molecule has 0 aromatic heterocycles. The van der Waals surface area contributed by atoms with Crippen LogP contribution < -0.4 is 10.6 Å². The predicted molar refractivity (Wildman–Crippen MR) is 65.1 cm³/mol. The Morgan fingerprint density at radius 2 is 1.81 bits per heavy atom. The summed E-state index contributed by atoms with van der Waals surface area (Å²) in [5.41, 5.74) is 0. The van der Waals surface area contributed by atoms with E-state index in [1.165, 1.54) is 25.7 Å². The molecule has 2 atom stereocenters. The molecule has 1 saturated heterocycles. The first kappa shape index (κ1) is 11.9. The maximum atomic E-state index is 12.1. The molecule has 16 heavy (non-hydrogen) atoms. The van der Waals surface area contributed by atoms with E-state index in [9.17, 15) is 4.79 Å². The van der Waals surface area contributed by atoms with Crippen molar-refractivity contribution in [2.24, 2.45) is 17.8 Å². The van der Waals surface area contributed by atoms with Gasteiger partial charge in [0.25, 0.3) is 0 Å². The standard InChI is InChI=1S/C13H24N2O/c1-9-3-5-11(6-4-9)15-13(16)12-8-14-7-10(12)2/h9-12,14H,3-8H2,1-2H3,(H,15,16). The largest absolute Gasteiger partial charge is 0.353 e. The van der Waals surface area contributed by atoms with Gasteiger partial charge in [-0.3, -0.25) is 4.79 Å². The Kier molecular flexibility index (Phi) is 3.85. The van der Waals surface area contributed by atoms with Crippen LogP contribution in [-0.4, -0.2) is 25.0 Å². The van der Waals surface area contributed by atoms with Gasteiger partial charge < -0.3 is 10.6 Å². The minimum Gasteiger partial charge on any atom is -0.353 e. The molecule has 2 rings (SSSR count). The second kappa shape index (κ2) is 5.17. The Balaban J connectivity index is 1.78. The number of amides is 1. The monoisotopic (exact) mass is 224 g/mol. The molecule has 3 heteroatoms. The molecule has 2 N–H and O–H groups in total. The molecule has 1 heterocycles. The molecular weight excluding hydrogens is 200 g/mol. The van der Waals surface area contributed by atoms with Gasteiger partial charge in [0.1, 0.15) is 0 Å². The number of carbonyl (C=O) groups is 1. The quantitative estimate of drug-likeness (QED) is 0.747. The highest BCUT2D eigenvalue weighted by atomic mass is 16.2. The lowest BCUT2D eigenvalue weighted by Crippen LogP contribution is -2.42. The average Bonchev–Trinajstić information content (AvgIpc) is 2.68. The van der Waals surface area contributed by atoms with Crippen LogP contribution in [0, 0.1) is 17.8 Å². The fourth-order valence-corrected chi connectivity index (χ4v) is 2.87. The summed E-state index contributed by atoms with van der Waals surface area (Å²) in [6.07, 6.45) is 4.87. The van der Waals surface area contributed by atoms with Crippen molar-refractivity contribution in [2.75, 3.05) is 13.1 Å². The molecule has 2 unspecified atom stereocenters. The van der Waals surface area contributed by atoms with Crippen molar-refractivity contribution in [1.29, 1.82) is 0 Å². The van der Waals surface area contributed by atoms with Gasteiger partial charge >= 0.3 is 0 Å². The molecule has 92 valence electrons. The summed E-state index contributed by atoms with van der Waals surface area (Å²) >= 11 is 0. The van der Waals surface area contributed by atoms with Gasteiger partial charge in [0.15, 0.2) is 0 Å². The Hall–Kier alpha value is -0.570. The van der Waals surface area contributed by atoms with Gasteiger partial charge in [0.05, 0.1) is 5.92 Å². The maximum Gasteiger partial charge on any atom is 0.224 e. The van der Waals surface area contributed by atoms with Crippen molar-refractivity contribution >= 4 is 5.91 Å². The van der Waals surface area contributed by atoms with Crippen LogP contribution in [0.15, 0.2) is 0 Å². The highest BCUT2D eigenvalue weighted by Gasteiger charge is 2.31. The van der Waals surface area contributed by atoms with E-state index in [0.717, 1.165) is 19.0 Å². The molecule has 3 nitrogen and oxygen atoms in total. The Morgan fingerprint density at radius 1 is 1.12 bits per heavy atom. The van der Waals surface area contributed by atoms with Gasteiger partial charge in [-0.15, -0.1) is 0 Å². The van der Waals surface area contributed by atoms with E-state index in [2.05, 4.69) is 24.5 Å². The van der Waals surface area contributed by atoms with Gasteiger partial charge in [0, 0.05) is 12.6 Å². The topological polar surface area (TPSA) is 41.1 Å². The molecule has 1 aliphatic heterocycles. The van der Waals surface area contributed by atoms with Crippen molar-refractivity contribution in [3.05, 3.63) is 0 Å². The van der Waals surface area contributed by atoms with Crippen LogP contribution in [-0.2, 0) is 4.79 Å². The molecule has 0 aromatic carbocycles. The molecule has 0 spiro atoms. The lowest BCUT2D eigenvalue weighted by Gasteiger charge is -2.28. The average molecular weight is 224 g/mol. The lowest BCUT2D eigenvalue weighted by molar-refractivity contribution is -0.126. The van der Waals surface area contributed by atoms with E-state index in [1.54, 1.807) is 0 Å². The third-order valence-electron chi connectivity index (χ3n) is 4.22. The van der Waals surface area contributed by atoms with E-state index < -0.39 is 0 Å². The third kappa shape index (κ3) is 2.76. The van der Waals surface area contributed by atoms with Crippen LogP contribution in [0.5, 0.6) is 0 Å². The van der Waals surface area contributed by atoms with Crippen LogP contribution in [0.25, 0.3) is 0 Å². The Morgan fingerprint density at radius 3 is 2.38 bits per heavy atom. The zero-order valence-corrected chi connectivity index (χ0v) is 10.5. The van der Waals surface area contributed by atoms with E-state index >= 15 is 0 Å². The number of carbonyl (C=O) groups excluding carboxylic acids is 1. The Bertz CT molecular complexity index is 246. The molecule has 2 fully saturated rings. The Labute approximate surface area is 98.4 Å².